The number of para-hydroxylation sites is 1. The van der Waals surface area contributed by atoms with Crippen LogP contribution >= 0.6 is 11.3 Å². The number of likely N-dealkylation sites (tertiary alicyclic amines) is 1. The molecule has 3 aromatic rings. The maximum absolute atomic E-state index is 12.5. The van der Waals surface area contributed by atoms with Crippen LogP contribution in [0.1, 0.15) is 6.42 Å². The third-order valence-corrected chi connectivity index (χ3v) is 5.00. The van der Waals surface area contributed by atoms with Gasteiger partial charge in [0.2, 0.25) is 5.13 Å². The Hall–Kier alpha value is -3.00. The summed E-state index contributed by atoms with van der Waals surface area (Å²) in [5.74, 6) is 0. The minimum Gasteiger partial charge on any atom is -0.380 e. The molecule has 132 valence electrons. The first-order chi connectivity index (χ1) is 12.8. The number of nitrogens with one attached hydrogen (secondary N) is 2. The van der Waals surface area contributed by atoms with Gasteiger partial charge in [-0.15, -0.1) is 10.2 Å². The highest BCUT2D eigenvalue weighted by molar-refractivity contribution is 7.18. The van der Waals surface area contributed by atoms with E-state index in [2.05, 4.69) is 25.8 Å². The van der Waals surface area contributed by atoms with Gasteiger partial charge in [-0.3, -0.25) is 10.3 Å². The predicted molar refractivity (Wildman–Crippen MR) is 102 cm³/mol. The van der Waals surface area contributed by atoms with Crippen molar-refractivity contribution in [3.05, 3.63) is 54.7 Å². The minimum atomic E-state index is -0.147. The molecule has 1 fully saturated rings. The smallest absolute Gasteiger partial charge is 0.323 e. The molecular formula is C18H18N6OS. The summed E-state index contributed by atoms with van der Waals surface area (Å²) in [7, 11) is 0. The van der Waals surface area contributed by atoms with Crippen molar-refractivity contribution in [2.75, 3.05) is 23.7 Å². The van der Waals surface area contributed by atoms with E-state index in [1.807, 2.05) is 48.5 Å². The fourth-order valence-corrected chi connectivity index (χ4v) is 3.58. The second kappa shape index (κ2) is 7.49. The zero-order chi connectivity index (χ0) is 17.8. The Morgan fingerprint density at radius 1 is 1.12 bits per heavy atom. The molecule has 4 rings (SSSR count). The number of benzene rings is 1. The maximum atomic E-state index is 12.5. The van der Waals surface area contributed by atoms with Crippen LogP contribution in [0, 0.1) is 0 Å². The second-order valence-electron chi connectivity index (χ2n) is 6.00. The first-order valence-electron chi connectivity index (χ1n) is 8.40. The van der Waals surface area contributed by atoms with Gasteiger partial charge in [-0.05, 0) is 30.7 Å². The summed E-state index contributed by atoms with van der Waals surface area (Å²) < 4.78 is 0. The predicted octanol–water partition coefficient (Wildman–Crippen LogP) is 3.32. The fourth-order valence-electron chi connectivity index (χ4n) is 2.87. The van der Waals surface area contributed by atoms with Gasteiger partial charge in [-0.1, -0.05) is 35.6 Å². The van der Waals surface area contributed by atoms with Crippen LogP contribution in [0.25, 0.3) is 10.7 Å². The highest BCUT2D eigenvalue weighted by Crippen LogP contribution is 2.25. The lowest BCUT2D eigenvalue weighted by molar-refractivity contribution is 0.222. The molecular weight excluding hydrogens is 348 g/mol. The Kier molecular flexibility index (Phi) is 4.74. The van der Waals surface area contributed by atoms with E-state index in [4.69, 9.17) is 0 Å². The lowest BCUT2D eigenvalue weighted by Gasteiger charge is -2.17. The zero-order valence-electron chi connectivity index (χ0n) is 14.0. The van der Waals surface area contributed by atoms with E-state index in [0.29, 0.717) is 23.2 Å². The number of carbonyl (C=O) groups is 1. The van der Waals surface area contributed by atoms with Gasteiger partial charge in [0.05, 0.1) is 0 Å². The van der Waals surface area contributed by atoms with E-state index < -0.39 is 0 Å². The van der Waals surface area contributed by atoms with Crippen molar-refractivity contribution in [2.24, 2.45) is 0 Å². The summed E-state index contributed by atoms with van der Waals surface area (Å²) in [6.07, 6.45) is 2.62. The van der Waals surface area contributed by atoms with Gasteiger partial charge in [0, 0.05) is 31.0 Å². The summed E-state index contributed by atoms with van der Waals surface area (Å²) in [5.41, 5.74) is 1.82. The summed E-state index contributed by atoms with van der Waals surface area (Å²) in [4.78, 5) is 18.5. The number of hydrogen-bond donors (Lipinski definition) is 2. The Morgan fingerprint density at radius 3 is 2.77 bits per heavy atom. The molecule has 2 aromatic heterocycles. The first kappa shape index (κ1) is 16.5. The number of hydrogen-bond acceptors (Lipinski definition) is 6. The molecule has 26 heavy (non-hydrogen) atoms. The third-order valence-electron chi connectivity index (χ3n) is 4.14. The first-order valence-corrected chi connectivity index (χ1v) is 9.22. The molecule has 1 aromatic carbocycles. The molecule has 2 N–H and O–H groups in total. The van der Waals surface area contributed by atoms with E-state index in [1.54, 1.807) is 11.1 Å². The summed E-state index contributed by atoms with van der Waals surface area (Å²) >= 11 is 1.32. The van der Waals surface area contributed by atoms with Crippen molar-refractivity contribution < 1.29 is 4.79 Å². The van der Waals surface area contributed by atoms with E-state index in [9.17, 15) is 4.79 Å². The van der Waals surface area contributed by atoms with Crippen molar-refractivity contribution in [3.8, 4) is 10.7 Å². The van der Waals surface area contributed by atoms with Gasteiger partial charge in [0.15, 0.2) is 5.01 Å². The lowest BCUT2D eigenvalue weighted by Crippen LogP contribution is -2.34. The molecule has 1 atom stereocenters. The Balaban J connectivity index is 1.34. The van der Waals surface area contributed by atoms with Crippen LogP contribution in [0.2, 0.25) is 0 Å². The van der Waals surface area contributed by atoms with Crippen molar-refractivity contribution >= 4 is 28.2 Å². The molecule has 1 unspecified atom stereocenters. The van der Waals surface area contributed by atoms with Gasteiger partial charge < -0.3 is 10.2 Å². The van der Waals surface area contributed by atoms with E-state index in [-0.39, 0.29) is 12.1 Å². The van der Waals surface area contributed by atoms with Crippen LogP contribution in [-0.2, 0) is 0 Å². The number of amides is 2. The maximum Gasteiger partial charge on any atom is 0.323 e. The highest BCUT2D eigenvalue weighted by Gasteiger charge is 2.26. The quantitative estimate of drug-likeness (QED) is 0.740. The molecule has 0 bridgehead atoms. The normalized spacial score (nSPS) is 16.5. The summed E-state index contributed by atoms with van der Waals surface area (Å²) in [6.45, 7) is 1.37. The average molecular weight is 366 g/mol. The number of aromatic nitrogens is 3. The van der Waals surface area contributed by atoms with Crippen LogP contribution in [0.15, 0.2) is 54.7 Å². The number of nitrogens with zero attached hydrogens (tertiary/aromatic N) is 4. The number of carbonyl (C=O) groups excluding carboxylic acids is 1. The highest BCUT2D eigenvalue weighted by atomic mass is 32.1. The lowest BCUT2D eigenvalue weighted by atomic mass is 10.2. The molecule has 8 heteroatoms. The van der Waals surface area contributed by atoms with E-state index in [1.165, 1.54) is 11.3 Å². The van der Waals surface area contributed by atoms with E-state index >= 15 is 0 Å². The van der Waals surface area contributed by atoms with Crippen molar-refractivity contribution in [2.45, 2.75) is 12.5 Å². The monoisotopic (exact) mass is 366 g/mol. The summed E-state index contributed by atoms with van der Waals surface area (Å²) in [6, 6.07) is 15.8. The van der Waals surface area contributed by atoms with Crippen LogP contribution in [-0.4, -0.2) is 45.2 Å². The van der Waals surface area contributed by atoms with Gasteiger partial charge in [-0.2, -0.15) is 0 Å². The molecule has 1 saturated heterocycles. The van der Waals surface area contributed by atoms with Crippen molar-refractivity contribution in [1.29, 1.82) is 0 Å². The van der Waals surface area contributed by atoms with Gasteiger partial charge in [0.1, 0.15) is 5.69 Å². The largest absolute Gasteiger partial charge is 0.380 e. The molecule has 0 saturated carbocycles. The number of urea groups is 1. The van der Waals surface area contributed by atoms with Crippen LogP contribution in [0.5, 0.6) is 0 Å². The fraction of sp³-hybridized carbons (Fsp3) is 0.222. The average Bonchev–Trinajstić information content (AvgIpc) is 3.33. The SMILES string of the molecule is O=C(Nc1nnc(-c2ccccn2)s1)N1CCC(Nc2ccccc2)C1. The number of pyridine rings is 1. The van der Waals surface area contributed by atoms with Crippen LogP contribution in [0.4, 0.5) is 15.6 Å². The molecule has 7 nitrogen and oxygen atoms in total. The molecule has 1 aliphatic heterocycles. The Bertz CT molecular complexity index is 870. The number of anilines is 2. The minimum absolute atomic E-state index is 0.147. The zero-order valence-corrected chi connectivity index (χ0v) is 14.8. The van der Waals surface area contributed by atoms with Crippen molar-refractivity contribution in [3.63, 3.8) is 0 Å². The molecule has 0 radical (unpaired) electrons. The number of rotatable bonds is 4. The Labute approximate surface area is 155 Å². The van der Waals surface area contributed by atoms with Gasteiger partial charge in [-0.25, -0.2) is 4.79 Å². The molecule has 0 spiro atoms. The second-order valence-corrected chi connectivity index (χ2v) is 6.98. The molecule has 3 heterocycles. The van der Waals surface area contributed by atoms with Crippen LogP contribution < -0.4 is 10.6 Å². The van der Waals surface area contributed by atoms with Gasteiger partial charge >= 0.3 is 6.03 Å². The Morgan fingerprint density at radius 2 is 1.96 bits per heavy atom. The third kappa shape index (κ3) is 3.80. The summed E-state index contributed by atoms with van der Waals surface area (Å²) in [5, 5.41) is 15.6. The van der Waals surface area contributed by atoms with Gasteiger partial charge in [0.25, 0.3) is 0 Å². The van der Waals surface area contributed by atoms with E-state index in [0.717, 1.165) is 17.8 Å². The molecule has 1 aliphatic rings. The molecule has 0 aliphatic carbocycles. The van der Waals surface area contributed by atoms with Crippen molar-refractivity contribution in [1.82, 2.24) is 20.1 Å². The standard InChI is InChI=1S/C18H18N6OS/c25-18(21-17-23-22-16(26-17)15-8-4-5-10-19-15)24-11-9-14(12-24)20-13-6-2-1-3-7-13/h1-8,10,14,20H,9,11-12H2,(H,21,23,25). The topological polar surface area (TPSA) is 83.0 Å². The van der Waals surface area contributed by atoms with Crippen LogP contribution in [0.3, 0.4) is 0 Å². The molecule has 2 amide bonds.